The minimum atomic E-state index is -0.695. The van der Waals surface area contributed by atoms with E-state index in [1.54, 1.807) is 11.5 Å². The predicted molar refractivity (Wildman–Crippen MR) is 164 cm³/mol. The number of hydrogen-bond donors (Lipinski definition) is 0. The molecular formula is C34H34N2O4S. The van der Waals surface area contributed by atoms with Gasteiger partial charge in [0.2, 0.25) is 0 Å². The molecule has 0 radical (unpaired) electrons. The first kappa shape index (κ1) is 28.3. The molecule has 0 bridgehead atoms. The van der Waals surface area contributed by atoms with Gasteiger partial charge in [-0.2, -0.15) is 0 Å². The molecule has 0 spiro atoms. The quantitative estimate of drug-likeness (QED) is 0.251. The lowest BCUT2D eigenvalue weighted by molar-refractivity contribution is -0.138. The largest absolute Gasteiger partial charge is 0.491 e. The first-order valence-corrected chi connectivity index (χ1v) is 14.7. The highest BCUT2D eigenvalue weighted by Crippen LogP contribution is 2.35. The molecule has 6 nitrogen and oxygen atoms in total. The molecule has 0 unspecified atom stereocenters. The molecule has 4 aromatic rings. The van der Waals surface area contributed by atoms with Crippen molar-refractivity contribution >= 4 is 29.1 Å². The highest BCUT2D eigenvalue weighted by molar-refractivity contribution is 7.07. The van der Waals surface area contributed by atoms with Gasteiger partial charge in [0, 0.05) is 5.56 Å². The molecule has 1 aromatic heterocycles. The smallest absolute Gasteiger partial charge is 0.338 e. The Morgan fingerprint density at radius 2 is 1.73 bits per heavy atom. The van der Waals surface area contributed by atoms with Gasteiger partial charge in [-0.25, -0.2) is 9.79 Å². The average molecular weight is 567 g/mol. The minimum Gasteiger partial charge on any atom is -0.491 e. The number of ether oxygens (including phenoxy) is 2. The zero-order valence-corrected chi connectivity index (χ0v) is 24.8. The monoisotopic (exact) mass is 566 g/mol. The number of carbonyl (C=O) groups excluding carboxylic acids is 1. The number of rotatable bonds is 8. The van der Waals surface area contributed by atoms with Crippen LogP contribution in [0.4, 0.5) is 0 Å². The molecule has 41 heavy (non-hydrogen) atoms. The van der Waals surface area contributed by atoms with E-state index in [2.05, 4.69) is 26.0 Å². The SMILES string of the molecule is CCOC(=O)C1=C(c2ccccc2)N=c2s/c(=C\c3cccc(OC(C)C)c3)c(=O)n2[C@@H]1c1ccc(C(C)C)cc1. The van der Waals surface area contributed by atoms with Gasteiger partial charge in [0.1, 0.15) is 5.75 Å². The molecule has 0 amide bonds. The van der Waals surface area contributed by atoms with Crippen LogP contribution in [0, 0.1) is 0 Å². The molecule has 0 saturated heterocycles. The van der Waals surface area contributed by atoms with Gasteiger partial charge >= 0.3 is 5.97 Å². The van der Waals surface area contributed by atoms with E-state index in [9.17, 15) is 9.59 Å². The van der Waals surface area contributed by atoms with E-state index < -0.39 is 12.0 Å². The number of esters is 1. The molecule has 5 rings (SSSR count). The van der Waals surface area contributed by atoms with Crippen molar-refractivity contribution in [3.05, 3.63) is 126 Å². The molecule has 0 fully saturated rings. The Labute approximate surface area is 243 Å². The van der Waals surface area contributed by atoms with Gasteiger partial charge in [-0.15, -0.1) is 0 Å². The van der Waals surface area contributed by atoms with Gasteiger partial charge in [0.25, 0.3) is 5.56 Å². The maximum Gasteiger partial charge on any atom is 0.338 e. The van der Waals surface area contributed by atoms with E-state index >= 15 is 0 Å². The van der Waals surface area contributed by atoms with E-state index in [4.69, 9.17) is 14.5 Å². The van der Waals surface area contributed by atoms with Crippen LogP contribution in [-0.2, 0) is 9.53 Å². The maximum absolute atomic E-state index is 14.1. The molecule has 0 saturated carbocycles. The lowest BCUT2D eigenvalue weighted by Crippen LogP contribution is -2.40. The van der Waals surface area contributed by atoms with Gasteiger partial charge in [-0.05, 0) is 61.6 Å². The lowest BCUT2D eigenvalue weighted by atomic mass is 9.91. The highest BCUT2D eigenvalue weighted by Gasteiger charge is 2.35. The average Bonchev–Trinajstić information content (AvgIpc) is 3.26. The van der Waals surface area contributed by atoms with Crippen molar-refractivity contribution < 1.29 is 14.3 Å². The molecular weight excluding hydrogens is 532 g/mol. The number of hydrogen-bond acceptors (Lipinski definition) is 6. The maximum atomic E-state index is 14.1. The topological polar surface area (TPSA) is 69.9 Å². The summed E-state index contributed by atoms with van der Waals surface area (Å²) in [5.74, 6) is 0.600. The summed E-state index contributed by atoms with van der Waals surface area (Å²) in [7, 11) is 0. The van der Waals surface area contributed by atoms with Gasteiger partial charge in [0.05, 0.1) is 34.6 Å². The van der Waals surface area contributed by atoms with Crippen molar-refractivity contribution in [2.75, 3.05) is 6.61 Å². The third-order valence-electron chi connectivity index (χ3n) is 6.82. The van der Waals surface area contributed by atoms with Crippen LogP contribution in [0.2, 0.25) is 0 Å². The summed E-state index contributed by atoms with van der Waals surface area (Å²) in [6, 6.07) is 24.7. The summed E-state index contributed by atoms with van der Waals surface area (Å²) in [5.41, 5.74) is 4.28. The third-order valence-corrected chi connectivity index (χ3v) is 7.80. The van der Waals surface area contributed by atoms with Crippen LogP contribution in [0.3, 0.4) is 0 Å². The highest BCUT2D eigenvalue weighted by atomic mass is 32.1. The van der Waals surface area contributed by atoms with Gasteiger partial charge < -0.3 is 9.47 Å². The van der Waals surface area contributed by atoms with Crippen molar-refractivity contribution in [2.24, 2.45) is 4.99 Å². The molecule has 210 valence electrons. The number of aromatic nitrogens is 1. The number of nitrogens with zero attached hydrogens (tertiary/aromatic N) is 2. The Kier molecular flexibility index (Phi) is 8.36. The first-order valence-electron chi connectivity index (χ1n) is 13.9. The van der Waals surface area contributed by atoms with Gasteiger partial charge in [0.15, 0.2) is 4.80 Å². The normalized spacial score (nSPS) is 15.2. The number of thiazole rings is 1. The van der Waals surface area contributed by atoms with Crippen LogP contribution >= 0.6 is 11.3 Å². The first-order chi connectivity index (χ1) is 19.8. The molecule has 0 N–H and O–H groups in total. The Morgan fingerprint density at radius 3 is 2.39 bits per heavy atom. The predicted octanol–water partition coefficient (Wildman–Crippen LogP) is 5.85. The van der Waals surface area contributed by atoms with E-state index in [1.807, 2.05) is 86.7 Å². The summed E-state index contributed by atoms with van der Waals surface area (Å²) < 4.78 is 13.6. The second-order valence-electron chi connectivity index (χ2n) is 10.5. The number of carbonyl (C=O) groups is 1. The molecule has 1 atom stereocenters. The van der Waals surface area contributed by atoms with Crippen molar-refractivity contribution in [1.82, 2.24) is 4.57 Å². The van der Waals surface area contributed by atoms with E-state index in [1.165, 1.54) is 16.9 Å². The van der Waals surface area contributed by atoms with Crippen LogP contribution < -0.4 is 19.6 Å². The summed E-state index contributed by atoms with van der Waals surface area (Å²) in [6.45, 7) is 10.2. The van der Waals surface area contributed by atoms with Crippen LogP contribution in [0.5, 0.6) is 5.75 Å². The lowest BCUT2D eigenvalue weighted by Gasteiger charge is -2.26. The molecule has 1 aliphatic rings. The summed E-state index contributed by atoms with van der Waals surface area (Å²) >= 11 is 1.31. The number of benzene rings is 3. The molecule has 2 heterocycles. The summed E-state index contributed by atoms with van der Waals surface area (Å²) in [5, 5.41) is 0. The zero-order chi connectivity index (χ0) is 29.1. The molecule has 7 heteroatoms. The van der Waals surface area contributed by atoms with Crippen LogP contribution in [-0.4, -0.2) is 23.2 Å². The van der Waals surface area contributed by atoms with E-state index in [0.29, 0.717) is 26.5 Å². The van der Waals surface area contributed by atoms with Crippen molar-refractivity contribution in [1.29, 1.82) is 0 Å². The molecule has 3 aromatic carbocycles. The zero-order valence-electron chi connectivity index (χ0n) is 24.0. The molecule has 1 aliphatic heterocycles. The second-order valence-corrected chi connectivity index (χ2v) is 11.5. The Hall–Kier alpha value is -4.23. The number of fused-ring (bicyclic) bond motifs is 1. The Balaban J connectivity index is 1.77. The Morgan fingerprint density at radius 1 is 1.00 bits per heavy atom. The third kappa shape index (κ3) is 5.95. The molecule has 0 aliphatic carbocycles. The van der Waals surface area contributed by atoms with E-state index in [0.717, 1.165) is 22.4 Å². The van der Waals surface area contributed by atoms with Crippen molar-refractivity contribution in [3.8, 4) is 5.75 Å². The van der Waals surface area contributed by atoms with Crippen LogP contribution in [0.15, 0.2) is 94.2 Å². The van der Waals surface area contributed by atoms with Crippen molar-refractivity contribution in [3.63, 3.8) is 0 Å². The van der Waals surface area contributed by atoms with E-state index in [-0.39, 0.29) is 18.3 Å². The second kappa shape index (κ2) is 12.1. The van der Waals surface area contributed by atoms with Crippen LogP contribution in [0.25, 0.3) is 11.8 Å². The fraction of sp³-hybridized carbons (Fsp3) is 0.265. The minimum absolute atomic E-state index is 0.0374. The van der Waals surface area contributed by atoms with Crippen molar-refractivity contribution in [2.45, 2.75) is 52.7 Å². The standard InChI is InChI=1S/C34H34N2O4S/c1-6-39-33(38)29-30(25-12-8-7-9-13-25)35-34-36(31(29)26-17-15-24(16-18-26)21(2)3)32(37)28(41-34)20-23-11-10-14-27(19-23)40-22(4)5/h7-22,31H,6H2,1-5H3/b28-20-/t31-/m1/s1. The fourth-order valence-corrected chi connectivity index (χ4v) is 5.92. The Bertz CT molecular complexity index is 1760. The summed E-state index contributed by atoms with van der Waals surface area (Å²) in [4.78, 5) is 33.1. The fourth-order valence-electron chi connectivity index (χ4n) is 4.92. The van der Waals surface area contributed by atoms with Crippen LogP contribution in [0.1, 0.15) is 68.8 Å². The summed E-state index contributed by atoms with van der Waals surface area (Å²) in [6.07, 6.45) is 1.89. The van der Waals surface area contributed by atoms with Gasteiger partial charge in [-0.1, -0.05) is 91.9 Å². The van der Waals surface area contributed by atoms with Gasteiger partial charge in [-0.3, -0.25) is 9.36 Å².